The SMILES string of the molecule is CN=C(NCc1ccc(Cn2ccccc2=O)cc1)N(C)Cc1ncc(-c2ccccc2)[nH]1. The zero-order chi connectivity index (χ0) is 23.0. The Hall–Kier alpha value is -4.13. The van der Waals surface area contributed by atoms with Crippen molar-refractivity contribution in [3.05, 3.63) is 112 Å². The minimum Gasteiger partial charge on any atom is -0.352 e. The molecule has 4 aromatic rings. The fourth-order valence-corrected chi connectivity index (χ4v) is 3.62. The summed E-state index contributed by atoms with van der Waals surface area (Å²) < 4.78 is 1.70. The van der Waals surface area contributed by atoms with Crippen LogP contribution in [0.1, 0.15) is 17.0 Å². The van der Waals surface area contributed by atoms with E-state index in [0.29, 0.717) is 19.6 Å². The molecule has 0 bridgehead atoms. The van der Waals surface area contributed by atoms with E-state index in [2.05, 4.69) is 56.7 Å². The first-order valence-corrected chi connectivity index (χ1v) is 10.9. The van der Waals surface area contributed by atoms with Crippen LogP contribution in [0, 0.1) is 0 Å². The van der Waals surface area contributed by atoms with E-state index in [1.165, 1.54) is 0 Å². The first kappa shape index (κ1) is 22.1. The van der Waals surface area contributed by atoms with Gasteiger partial charge in [0.25, 0.3) is 5.56 Å². The summed E-state index contributed by atoms with van der Waals surface area (Å²) in [6.07, 6.45) is 3.67. The normalized spacial score (nSPS) is 11.4. The summed E-state index contributed by atoms with van der Waals surface area (Å²) in [7, 11) is 3.76. The zero-order valence-electron chi connectivity index (χ0n) is 18.9. The van der Waals surface area contributed by atoms with Gasteiger partial charge < -0.3 is 19.8 Å². The molecule has 0 aliphatic heterocycles. The van der Waals surface area contributed by atoms with Gasteiger partial charge in [-0.05, 0) is 22.8 Å². The number of nitrogens with zero attached hydrogens (tertiary/aromatic N) is 4. The standard InChI is InChI=1S/C26H28N6O/c1-27-26(31(2)19-24-28-17-23(30-24)22-8-4-3-5-9-22)29-16-20-11-13-21(14-12-20)18-32-15-7-6-10-25(32)33/h3-15,17H,16,18-19H2,1-2H3,(H,27,29)(H,28,30). The summed E-state index contributed by atoms with van der Waals surface area (Å²) >= 11 is 0. The average molecular weight is 441 g/mol. The van der Waals surface area contributed by atoms with Crippen molar-refractivity contribution in [2.24, 2.45) is 4.99 Å². The molecule has 0 amide bonds. The summed E-state index contributed by atoms with van der Waals surface area (Å²) in [6, 6.07) is 23.6. The van der Waals surface area contributed by atoms with Crippen molar-refractivity contribution in [1.82, 2.24) is 24.8 Å². The molecule has 33 heavy (non-hydrogen) atoms. The van der Waals surface area contributed by atoms with Gasteiger partial charge in [-0.1, -0.05) is 60.7 Å². The molecule has 0 aliphatic rings. The number of hydrogen-bond donors (Lipinski definition) is 2. The lowest BCUT2D eigenvalue weighted by Gasteiger charge is -2.21. The van der Waals surface area contributed by atoms with Crippen molar-refractivity contribution >= 4 is 5.96 Å². The lowest BCUT2D eigenvalue weighted by molar-refractivity contribution is 0.464. The van der Waals surface area contributed by atoms with Crippen LogP contribution in [0.4, 0.5) is 0 Å². The first-order chi connectivity index (χ1) is 16.1. The third kappa shape index (κ3) is 5.77. The Balaban J connectivity index is 1.32. The molecular formula is C26H28N6O. The quantitative estimate of drug-likeness (QED) is 0.341. The minimum atomic E-state index is 0.00234. The van der Waals surface area contributed by atoms with Gasteiger partial charge >= 0.3 is 0 Å². The maximum atomic E-state index is 11.9. The second-order valence-electron chi connectivity index (χ2n) is 7.85. The van der Waals surface area contributed by atoms with Gasteiger partial charge in [-0.15, -0.1) is 0 Å². The Kier molecular flexibility index (Phi) is 6.99. The molecule has 0 radical (unpaired) electrons. The number of guanidine groups is 1. The van der Waals surface area contributed by atoms with E-state index >= 15 is 0 Å². The van der Waals surface area contributed by atoms with Crippen LogP contribution in [0.15, 0.2) is 95.0 Å². The highest BCUT2D eigenvalue weighted by Crippen LogP contribution is 2.16. The Morgan fingerprint density at radius 1 is 1.03 bits per heavy atom. The van der Waals surface area contributed by atoms with Crippen LogP contribution < -0.4 is 10.9 Å². The third-order valence-corrected chi connectivity index (χ3v) is 5.40. The van der Waals surface area contributed by atoms with Crippen LogP contribution in [0.3, 0.4) is 0 Å². The van der Waals surface area contributed by atoms with Crippen molar-refractivity contribution in [1.29, 1.82) is 0 Å². The topological polar surface area (TPSA) is 78.3 Å². The maximum absolute atomic E-state index is 11.9. The number of aromatic nitrogens is 3. The molecule has 2 aromatic carbocycles. The number of imidazole rings is 1. The van der Waals surface area contributed by atoms with Crippen molar-refractivity contribution in [2.45, 2.75) is 19.6 Å². The molecule has 0 unspecified atom stereocenters. The Morgan fingerprint density at radius 3 is 2.48 bits per heavy atom. The number of hydrogen-bond acceptors (Lipinski definition) is 3. The van der Waals surface area contributed by atoms with E-state index in [1.54, 1.807) is 29.9 Å². The molecule has 0 fully saturated rings. The number of aliphatic imine (C=N–C) groups is 1. The van der Waals surface area contributed by atoms with E-state index in [9.17, 15) is 4.79 Å². The van der Waals surface area contributed by atoms with Gasteiger partial charge in [0.05, 0.1) is 25.0 Å². The molecule has 168 valence electrons. The Morgan fingerprint density at radius 2 is 1.76 bits per heavy atom. The second kappa shape index (κ2) is 10.5. The minimum absolute atomic E-state index is 0.00234. The molecule has 0 saturated carbocycles. The molecule has 2 aromatic heterocycles. The maximum Gasteiger partial charge on any atom is 0.250 e. The monoisotopic (exact) mass is 440 g/mol. The van der Waals surface area contributed by atoms with Gasteiger partial charge in [-0.3, -0.25) is 9.79 Å². The number of aromatic amines is 1. The lowest BCUT2D eigenvalue weighted by atomic mass is 10.1. The highest BCUT2D eigenvalue weighted by molar-refractivity contribution is 5.79. The lowest BCUT2D eigenvalue weighted by Crippen LogP contribution is -2.38. The summed E-state index contributed by atoms with van der Waals surface area (Å²) in [5.41, 5.74) is 4.34. The highest BCUT2D eigenvalue weighted by atomic mass is 16.1. The largest absolute Gasteiger partial charge is 0.352 e. The Labute approximate surface area is 193 Å². The van der Waals surface area contributed by atoms with Crippen LogP contribution in [0.5, 0.6) is 0 Å². The summed E-state index contributed by atoms with van der Waals surface area (Å²) in [4.78, 5) is 26.2. The fourth-order valence-electron chi connectivity index (χ4n) is 3.62. The van der Waals surface area contributed by atoms with Gasteiger partial charge in [-0.2, -0.15) is 0 Å². The molecule has 4 rings (SSSR count). The molecule has 0 saturated heterocycles. The van der Waals surface area contributed by atoms with E-state index in [1.807, 2.05) is 42.4 Å². The van der Waals surface area contributed by atoms with Gasteiger partial charge in [0, 0.05) is 32.9 Å². The van der Waals surface area contributed by atoms with Crippen molar-refractivity contribution < 1.29 is 0 Å². The third-order valence-electron chi connectivity index (χ3n) is 5.40. The van der Waals surface area contributed by atoms with E-state index < -0.39 is 0 Å². The number of nitrogens with one attached hydrogen (secondary N) is 2. The van der Waals surface area contributed by atoms with Gasteiger partial charge in [0.2, 0.25) is 0 Å². The van der Waals surface area contributed by atoms with E-state index in [-0.39, 0.29) is 5.56 Å². The average Bonchev–Trinajstić information content (AvgIpc) is 3.31. The fraction of sp³-hybridized carbons (Fsp3) is 0.192. The van der Waals surface area contributed by atoms with Crippen LogP contribution in [0.25, 0.3) is 11.3 Å². The molecular weight excluding hydrogens is 412 g/mol. The van der Waals surface area contributed by atoms with Crippen LogP contribution >= 0.6 is 0 Å². The van der Waals surface area contributed by atoms with Crippen molar-refractivity contribution in [3.8, 4) is 11.3 Å². The number of pyridine rings is 1. The van der Waals surface area contributed by atoms with Crippen LogP contribution in [-0.2, 0) is 19.6 Å². The van der Waals surface area contributed by atoms with Gasteiger partial charge in [0.1, 0.15) is 5.82 Å². The second-order valence-corrected chi connectivity index (χ2v) is 7.85. The first-order valence-electron chi connectivity index (χ1n) is 10.9. The molecule has 7 nitrogen and oxygen atoms in total. The van der Waals surface area contributed by atoms with Crippen LogP contribution in [-0.4, -0.2) is 39.5 Å². The Bertz CT molecular complexity index is 1260. The molecule has 2 heterocycles. The summed E-state index contributed by atoms with van der Waals surface area (Å²) in [5.74, 6) is 1.66. The van der Waals surface area contributed by atoms with E-state index in [4.69, 9.17) is 0 Å². The zero-order valence-corrected chi connectivity index (χ0v) is 18.9. The highest BCUT2D eigenvalue weighted by Gasteiger charge is 2.10. The van der Waals surface area contributed by atoms with Crippen molar-refractivity contribution in [2.75, 3.05) is 14.1 Å². The molecule has 0 spiro atoms. The van der Waals surface area contributed by atoms with Crippen molar-refractivity contribution in [3.63, 3.8) is 0 Å². The van der Waals surface area contributed by atoms with Crippen LogP contribution in [0.2, 0.25) is 0 Å². The molecule has 0 aliphatic carbocycles. The molecule has 0 atom stereocenters. The number of rotatable bonds is 7. The van der Waals surface area contributed by atoms with Gasteiger partial charge in [0.15, 0.2) is 5.96 Å². The van der Waals surface area contributed by atoms with E-state index in [0.717, 1.165) is 34.2 Å². The molecule has 7 heteroatoms. The smallest absolute Gasteiger partial charge is 0.250 e. The summed E-state index contributed by atoms with van der Waals surface area (Å²) in [6.45, 7) is 1.82. The summed E-state index contributed by atoms with van der Waals surface area (Å²) in [5, 5.41) is 3.40. The predicted molar refractivity (Wildman–Crippen MR) is 132 cm³/mol. The van der Waals surface area contributed by atoms with Gasteiger partial charge in [-0.25, -0.2) is 4.98 Å². The number of H-pyrrole nitrogens is 1. The predicted octanol–water partition coefficient (Wildman–Crippen LogP) is 3.49. The molecule has 2 N–H and O–H groups in total. The number of benzene rings is 2.